The number of ether oxygens (including phenoxy) is 1. The smallest absolute Gasteiger partial charge is 0.408 e. The number of nitrogens with zero attached hydrogens (tertiary/aromatic N) is 1. The van der Waals surface area contributed by atoms with E-state index >= 15 is 0 Å². The molecule has 0 saturated carbocycles. The zero-order chi connectivity index (χ0) is 16.9. The van der Waals surface area contributed by atoms with Crippen molar-refractivity contribution in [2.45, 2.75) is 26.4 Å². The van der Waals surface area contributed by atoms with Gasteiger partial charge in [-0.1, -0.05) is 11.8 Å². The summed E-state index contributed by atoms with van der Waals surface area (Å²) in [5, 5.41) is 2.60. The van der Waals surface area contributed by atoms with Crippen LogP contribution in [0.1, 0.15) is 26.3 Å². The Balaban J connectivity index is 2.00. The first-order valence-electron chi connectivity index (χ1n) is 6.99. The zero-order valence-corrected chi connectivity index (χ0v) is 15.3. The molecule has 2 aromatic rings. The van der Waals surface area contributed by atoms with E-state index in [1.54, 1.807) is 6.20 Å². The molecule has 0 saturated heterocycles. The van der Waals surface area contributed by atoms with Crippen LogP contribution >= 0.6 is 22.6 Å². The summed E-state index contributed by atoms with van der Waals surface area (Å²) in [4.78, 5) is 15.4. The lowest BCUT2D eigenvalue weighted by molar-refractivity contribution is 0.0535. The first kappa shape index (κ1) is 17.3. The normalized spacial score (nSPS) is 10.6. The van der Waals surface area contributed by atoms with Gasteiger partial charge in [0.25, 0.3) is 0 Å². The van der Waals surface area contributed by atoms with Gasteiger partial charge in [-0.25, -0.2) is 9.78 Å². The molecule has 6 heteroatoms. The number of rotatable bonds is 2. The van der Waals surface area contributed by atoms with Gasteiger partial charge in [-0.15, -0.1) is 0 Å². The number of oxazole rings is 1. The molecule has 1 aromatic heterocycles. The molecule has 0 unspecified atom stereocenters. The van der Waals surface area contributed by atoms with Crippen LogP contribution in [0.4, 0.5) is 4.79 Å². The Morgan fingerprint density at radius 2 is 2.17 bits per heavy atom. The molecule has 0 aliphatic carbocycles. The third kappa shape index (κ3) is 5.94. The highest BCUT2D eigenvalue weighted by atomic mass is 127. The van der Waals surface area contributed by atoms with Crippen LogP contribution < -0.4 is 5.32 Å². The van der Waals surface area contributed by atoms with Crippen molar-refractivity contribution >= 4 is 28.7 Å². The van der Waals surface area contributed by atoms with Crippen LogP contribution in [0.5, 0.6) is 0 Å². The van der Waals surface area contributed by atoms with Crippen molar-refractivity contribution in [3.05, 3.63) is 39.9 Å². The Hall–Kier alpha value is -2.01. The summed E-state index contributed by atoms with van der Waals surface area (Å²) in [7, 11) is 0. The van der Waals surface area contributed by atoms with E-state index in [1.807, 2.05) is 39.0 Å². The molecule has 0 fully saturated rings. The van der Waals surface area contributed by atoms with Crippen LogP contribution in [0, 0.1) is 15.4 Å². The Kier molecular flexibility index (Phi) is 5.66. The number of carbonyl (C=O) groups excluding carboxylic acids is 1. The van der Waals surface area contributed by atoms with Gasteiger partial charge in [-0.05, 0) is 61.6 Å². The Morgan fingerprint density at radius 3 is 2.83 bits per heavy atom. The number of aromatic nitrogens is 1. The van der Waals surface area contributed by atoms with Crippen molar-refractivity contribution in [1.82, 2.24) is 10.3 Å². The number of carbonyl (C=O) groups is 1. The van der Waals surface area contributed by atoms with E-state index in [-0.39, 0.29) is 6.54 Å². The SMILES string of the molecule is CC(C)(C)OC(=O)NCC#Cc1cc(I)cc(-c2cnco2)c1. The summed E-state index contributed by atoms with van der Waals surface area (Å²) >= 11 is 2.22. The van der Waals surface area contributed by atoms with Crippen LogP contribution in [-0.4, -0.2) is 23.2 Å². The molecule has 1 aromatic carbocycles. The van der Waals surface area contributed by atoms with E-state index in [0.29, 0.717) is 5.76 Å². The maximum atomic E-state index is 11.5. The summed E-state index contributed by atoms with van der Waals surface area (Å²) in [5.74, 6) is 6.62. The lowest BCUT2D eigenvalue weighted by Crippen LogP contribution is -2.32. The second-order valence-electron chi connectivity index (χ2n) is 5.75. The molecular weight excluding hydrogens is 407 g/mol. The van der Waals surface area contributed by atoms with E-state index in [4.69, 9.17) is 9.15 Å². The minimum atomic E-state index is -0.515. The molecule has 2 rings (SSSR count). The fraction of sp³-hybridized carbons (Fsp3) is 0.294. The summed E-state index contributed by atoms with van der Waals surface area (Å²) in [6.45, 7) is 5.66. The predicted octanol–water partition coefficient (Wildman–Crippen LogP) is 3.82. The molecule has 0 spiro atoms. The van der Waals surface area contributed by atoms with Crippen molar-refractivity contribution in [2.75, 3.05) is 6.54 Å². The van der Waals surface area contributed by atoms with Crippen molar-refractivity contribution in [3.63, 3.8) is 0 Å². The first-order chi connectivity index (χ1) is 10.8. The van der Waals surface area contributed by atoms with Crippen LogP contribution in [0.25, 0.3) is 11.3 Å². The number of hydrogen-bond donors (Lipinski definition) is 1. The van der Waals surface area contributed by atoms with E-state index < -0.39 is 11.7 Å². The molecule has 5 nitrogen and oxygen atoms in total. The fourth-order valence-corrected chi connectivity index (χ4v) is 2.41. The molecule has 0 bridgehead atoms. The van der Waals surface area contributed by atoms with Crippen molar-refractivity contribution < 1.29 is 13.9 Å². The maximum absolute atomic E-state index is 11.5. The molecule has 0 atom stereocenters. The van der Waals surface area contributed by atoms with E-state index in [1.165, 1.54) is 6.39 Å². The molecule has 120 valence electrons. The maximum Gasteiger partial charge on any atom is 0.408 e. The highest BCUT2D eigenvalue weighted by Crippen LogP contribution is 2.22. The lowest BCUT2D eigenvalue weighted by Gasteiger charge is -2.19. The molecule has 0 aliphatic rings. The Bertz CT molecular complexity index is 737. The second-order valence-corrected chi connectivity index (χ2v) is 7.00. The van der Waals surface area contributed by atoms with Crippen LogP contribution in [0.15, 0.2) is 35.2 Å². The summed E-state index contributed by atoms with van der Waals surface area (Å²) in [5.41, 5.74) is 1.24. The van der Waals surface area contributed by atoms with E-state index in [2.05, 4.69) is 44.7 Å². The fourth-order valence-electron chi connectivity index (χ4n) is 1.74. The minimum absolute atomic E-state index is 0.220. The number of hydrogen-bond acceptors (Lipinski definition) is 4. The monoisotopic (exact) mass is 424 g/mol. The van der Waals surface area contributed by atoms with Gasteiger partial charge >= 0.3 is 6.09 Å². The van der Waals surface area contributed by atoms with Crippen molar-refractivity contribution in [2.24, 2.45) is 0 Å². The highest BCUT2D eigenvalue weighted by Gasteiger charge is 2.15. The largest absolute Gasteiger partial charge is 0.444 e. The molecule has 0 aliphatic heterocycles. The minimum Gasteiger partial charge on any atom is -0.444 e. The van der Waals surface area contributed by atoms with Gasteiger partial charge in [0, 0.05) is 14.7 Å². The van der Waals surface area contributed by atoms with Gasteiger partial charge in [0.05, 0.1) is 12.7 Å². The van der Waals surface area contributed by atoms with E-state index in [9.17, 15) is 4.79 Å². The first-order valence-corrected chi connectivity index (χ1v) is 8.06. The van der Waals surface area contributed by atoms with E-state index in [0.717, 1.165) is 14.7 Å². The van der Waals surface area contributed by atoms with Crippen molar-refractivity contribution in [1.29, 1.82) is 0 Å². The Morgan fingerprint density at radius 1 is 1.39 bits per heavy atom. The molecule has 1 N–H and O–H groups in total. The second kappa shape index (κ2) is 7.51. The van der Waals surface area contributed by atoms with Gasteiger partial charge in [0.2, 0.25) is 0 Å². The predicted molar refractivity (Wildman–Crippen MR) is 95.8 cm³/mol. The molecular formula is C17H17IN2O3. The van der Waals surface area contributed by atoms with Gasteiger partial charge in [-0.3, -0.25) is 0 Å². The molecule has 1 amide bonds. The topological polar surface area (TPSA) is 64.4 Å². The molecule has 0 radical (unpaired) electrons. The summed E-state index contributed by atoms with van der Waals surface area (Å²) in [6.07, 6.45) is 2.58. The average Bonchev–Trinajstić information content (AvgIpc) is 2.95. The average molecular weight is 424 g/mol. The lowest BCUT2D eigenvalue weighted by atomic mass is 10.1. The number of benzene rings is 1. The van der Waals surface area contributed by atoms with Crippen LogP contribution in [0.3, 0.4) is 0 Å². The van der Waals surface area contributed by atoms with Crippen LogP contribution in [-0.2, 0) is 4.74 Å². The molecule has 1 heterocycles. The van der Waals surface area contributed by atoms with Gasteiger partial charge in [0.1, 0.15) is 5.60 Å². The standard InChI is InChI=1S/C17H17IN2O3/c1-17(2,3)23-16(21)20-6-4-5-12-7-13(9-14(18)8-12)15-10-19-11-22-15/h7-11H,6H2,1-3H3,(H,20,21). The number of amides is 1. The van der Waals surface area contributed by atoms with Crippen molar-refractivity contribution in [3.8, 4) is 23.2 Å². The number of alkyl carbamates (subject to hydrolysis) is 1. The number of nitrogens with one attached hydrogen (secondary N) is 1. The highest BCUT2D eigenvalue weighted by molar-refractivity contribution is 14.1. The summed E-state index contributed by atoms with van der Waals surface area (Å²) in [6, 6.07) is 5.87. The Labute approximate surface area is 149 Å². The third-order valence-corrected chi connectivity index (χ3v) is 3.19. The quantitative estimate of drug-likeness (QED) is 0.588. The number of halogens is 1. The summed E-state index contributed by atoms with van der Waals surface area (Å²) < 4.78 is 11.5. The third-order valence-electron chi connectivity index (χ3n) is 2.57. The van der Waals surface area contributed by atoms with Gasteiger partial charge in [-0.2, -0.15) is 0 Å². The van der Waals surface area contributed by atoms with Gasteiger partial charge in [0.15, 0.2) is 12.2 Å². The molecule has 23 heavy (non-hydrogen) atoms. The zero-order valence-electron chi connectivity index (χ0n) is 13.1. The van der Waals surface area contributed by atoms with Crippen LogP contribution in [0.2, 0.25) is 0 Å². The van der Waals surface area contributed by atoms with Gasteiger partial charge < -0.3 is 14.5 Å².